The van der Waals surface area contributed by atoms with Crippen LogP contribution in [-0.4, -0.2) is 30.7 Å². The maximum Gasteiger partial charge on any atom is 0.416 e. The summed E-state index contributed by atoms with van der Waals surface area (Å²) >= 11 is 0. The maximum atomic E-state index is 12.4. The molecule has 0 amide bonds. The number of hydrogen-bond acceptors (Lipinski definition) is 3. The molecule has 0 spiro atoms. The number of halogens is 3. The maximum absolute atomic E-state index is 12.4. The standard InChI is InChI=1S/C13H15F3O3/c14-13(15,16)10-3-1-9(2-4-10)7-11(17)8-12-18-5-6-19-12/h1-4,11-12,17H,5-8H2. The number of benzene rings is 1. The van der Waals surface area contributed by atoms with Crippen molar-refractivity contribution in [2.45, 2.75) is 31.4 Å². The quantitative estimate of drug-likeness (QED) is 0.917. The molecule has 1 saturated heterocycles. The summed E-state index contributed by atoms with van der Waals surface area (Å²) in [6.07, 6.45) is -4.84. The molecule has 1 aromatic rings. The van der Waals surface area contributed by atoms with E-state index in [1.54, 1.807) is 0 Å². The van der Waals surface area contributed by atoms with E-state index >= 15 is 0 Å². The fourth-order valence-electron chi connectivity index (χ4n) is 1.95. The molecular weight excluding hydrogens is 261 g/mol. The molecule has 19 heavy (non-hydrogen) atoms. The monoisotopic (exact) mass is 276 g/mol. The lowest BCUT2D eigenvalue weighted by molar-refractivity contribution is -0.137. The summed E-state index contributed by atoms with van der Waals surface area (Å²) in [5.74, 6) is 0. The van der Waals surface area contributed by atoms with Gasteiger partial charge in [-0.3, -0.25) is 0 Å². The van der Waals surface area contributed by atoms with E-state index in [2.05, 4.69) is 0 Å². The normalized spacial score (nSPS) is 18.7. The van der Waals surface area contributed by atoms with E-state index in [-0.39, 0.29) is 6.42 Å². The van der Waals surface area contributed by atoms with Crippen molar-refractivity contribution < 1.29 is 27.8 Å². The zero-order valence-corrected chi connectivity index (χ0v) is 10.2. The van der Waals surface area contributed by atoms with Gasteiger partial charge in [-0.05, 0) is 24.1 Å². The summed E-state index contributed by atoms with van der Waals surface area (Å²) in [4.78, 5) is 0. The molecule has 1 heterocycles. The van der Waals surface area contributed by atoms with E-state index in [9.17, 15) is 18.3 Å². The second kappa shape index (κ2) is 5.90. The van der Waals surface area contributed by atoms with Crippen LogP contribution in [0.15, 0.2) is 24.3 Å². The first kappa shape index (κ1) is 14.3. The molecule has 1 unspecified atom stereocenters. The van der Waals surface area contributed by atoms with Crippen LogP contribution in [0.2, 0.25) is 0 Å². The molecule has 0 saturated carbocycles. The third kappa shape index (κ3) is 4.19. The molecule has 1 aliphatic heterocycles. The first-order valence-corrected chi connectivity index (χ1v) is 6.02. The van der Waals surface area contributed by atoms with Gasteiger partial charge in [0.1, 0.15) is 0 Å². The van der Waals surface area contributed by atoms with Crippen LogP contribution in [0.1, 0.15) is 17.5 Å². The summed E-state index contributed by atoms with van der Waals surface area (Å²) in [5, 5.41) is 9.81. The van der Waals surface area contributed by atoms with E-state index in [0.29, 0.717) is 25.2 Å². The van der Waals surface area contributed by atoms with Crippen LogP contribution in [-0.2, 0) is 22.1 Å². The fraction of sp³-hybridized carbons (Fsp3) is 0.538. The Morgan fingerprint density at radius 2 is 1.74 bits per heavy atom. The first-order chi connectivity index (χ1) is 8.95. The van der Waals surface area contributed by atoms with Crippen LogP contribution in [0, 0.1) is 0 Å². The zero-order valence-electron chi connectivity index (χ0n) is 10.2. The van der Waals surface area contributed by atoms with Gasteiger partial charge in [0.2, 0.25) is 0 Å². The Hall–Kier alpha value is -1.11. The second-order valence-corrected chi connectivity index (χ2v) is 4.46. The van der Waals surface area contributed by atoms with E-state index in [0.717, 1.165) is 12.1 Å². The van der Waals surface area contributed by atoms with Gasteiger partial charge < -0.3 is 14.6 Å². The molecule has 2 rings (SSSR count). The molecule has 0 aliphatic carbocycles. The van der Waals surface area contributed by atoms with Crippen molar-refractivity contribution in [2.75, 3.05) is 13.2 Å². The smallest absolute Gasteiger partial charge is 0.393 e. The molecule has 0 radical (unpaired) electrons. The van der Waals surface area contributed by atoms with Gasteiger partial charge in [0, 0.05) is 6.42 Å². The van der Waals surface area contributed by atoms with Gasteiger partial charge in [0.15, 0.2) is 6.29 Å². The molecule has 0 bridgehead atoms. The molecule has 1 aliphatic rings. The van der Waals surface area contributed by atoms with E-state index in [1.807, 2.05) is 0 Å². The summed E-state index contributed by atoms with van der Waals surface area (Å²) in [5.41, 5.74) is -0.0355. The fourth-order valence-corrected chi connectivity index (χ4v) is 1.95. The molecule has 1 aromatic carbocycles. The highest BCUT2D eigenvalue weighted by molar-refractivity contribution is 5.25. The minimum absolute atomic E-state index is 0.279. The van der Waals surface area contributed by atoms with Crippen LogP contribution in [0.3, 0.4) is 0 Å². The van der Waals surface area contributed by atoms with Crippen molar-refractivity contribution in [3.05, 3.63) is 35.4 Å². The number of alkyl halides is 3. The summed E-state index contributed by atoms with van der Waals surface area (Å²) in [6.45, 7) is 1.02. The van der Waals surface area contributed by atoms with Crippen LogP contribution >= 0.6 is 0 Å². The van der Waals surface area contributed by atoms with Gasteiger partial charge in [0.05, 0.1) is 24.9 Å². The molecular formula is C13H15F3O3. The number of aliphatic hydroxyl groups is 1. The predicted octanol–water partition coefficient (Wildman–Crippen LogP) is 2.37. The van der Waals surface area contributed by atoms with Gasteiger partial charge in [-0.2, -0.15) is 13.2 Å². The number of ether oxygens (including phenoxy) is 2. The first-order valence-electron chi connectivity index (χ1n) is 6.02. The third-order valence-corrected chi connectivity index (χ3v) is 2.91. The van der Waals surface area contributed by atoms with Gasteiger partial charge in [0.25, 0.3) is 0 Å². The zero-order chi connectivity index (χ0) is 13.9. The molecule has 106 valence electrons. The Labute approximate surface area is 108 Å². The van der Waals surface area contributed by atoms with Crippen molar-refractivity contribution in [3.63, 3.8) is 0 Å². The van der Waals surface area contributed by atoms with E-state index < -0.39 is 24.1 Å². The van der Waals surface area contributed by atoms with Crippen LogP contribution in [0.4, 0.5) is 13.2 Å². The molecule has 6 heteroatoms. The second-order valence-electron chi connectivity index (χ2n) is 4.46. The molecule has 1 atom stereocenters. The lowest BCUT2D eigenvalue weighted by atomic mass is 10.0. The SMILES string of the molecule is OC(Cc1ccc(C(F)(F)F)cc1)CC1OCCO1. The van der Waals surface area contributed by atoms with Gasteiger partial charge in [-0.25, -0.2) is 0 Å². The average Bonchev–Trinajstić information content (AvgIpc) is 2.81. The highest BCUT2D eigenvalue weighted by atomic mass is 19.4. The Morgan fingerprint density at radius 3 is 2.26 bits per heavy atom. The summed E-state index contributed by atoms with van der Waals surface area (Å²) < 4.78 is 47.5. The topological polar surface area (TPSA) is 38.7 Å². The third-order valence-electron chi connectivity index (χ3n) is 2.91. The van der Waals surface area contributed by atoms with Crippen molar-refractivity contribution in [1.82, 2.24) is 0 Å². The molecule has 0 aromatic heterocycles. The van der Waals surface area contributed by atoms with Crippen LogP contribution in [0.25, 0.3) is 0 Å². The van der Waals surface area contributed by atoms with Crippen molar-refractivity contribution in [3.8, 4) is 0 Å². The van der Waals surface area contributed by atoms with Crippen LogP contribution in [0.5, 0.6) is 0 Å². The van der Waals surface area contributed by atoms with E-state index in [1.165, 1.54) is 12.1 Å². The lowest BCUT2D eigenvalue weighted by Crippen LogP contribution is -2.20. The number of hydrogen-bond donors (Lipinski definition) is 1. The summed E-state index contributed by atoms with van der Waals surface area (Å²) in [7, 11) is 0. The number of aliphatic hydroxyl groups excluding tert-OH is 1. The lowest BCUT2D eigenvalue weighted by Gasteiger charge is -2.15. The molecule has 1 N–H and O–H groups in total. The highest BCUT2D eigenvalue weighted by Crippen LogP contribution is 2.29. The average molecular weight is 276 g/mol. The summed E-state index contributed by atoms with van der Waals surface area (Å²) in [6, 6.07) is 4.79. The van der Waals surface area contributed by atoms with Crippen molar-refractivity contribution in [1.29, 1.82) is 0 Å². The van der Waals surface area contributed by atoms with Crippen molar-refractivity contribution in [2.24, 2.45) is 0 Å². The molecule has 1 fully saturated rings. The van der Waals surface area contributed by atoms with E-state index in [4.69, 9.17) is 9.47 Å². The Balaban J connectivity index is 1.88. The largest absolute Gasteiger partial charge is 0.416 e. The Morgan fingerprint density at radius 1 is 1.16 bits per heavy atom. The predicted molar refractivity (Wildman–Crippen MR) is 61.5 cm³/mol. The number of rotatable bonds is 4. The van der Waals surface area contributed by atoms with Gasteiger partial charge in [-0.15, -0.1) is 0 Å². The Bertz CT molecular complexity index is 397. The minimum Gasteiger partial charge on any atom is -0.393 e. The van der Waals surface area contributed by atoms with Gasteiger partial charge >= 0.3 is 6.18 Å². The van der Waals surface area contributed by atoms with Crippen molar-refractivity contribution >= 4 is 0 Å². The molecule has 3 nitrogen and oxygen atoms in total. The highest BCUT2D eigenvalue weighted by Gasteiger charge is 2.30. The van der Waals surface area contributed by atoms with Gasteiger partial charge in [-0.1, -0.05) is 12.1 Å². The van der Waals surface area contributed by atoms with Crippen LogP contribution < -0.4 is 0 Å². The Kier molecular flexibility index (Phi) is 4.44. The minimum atomic E-state index is -4.33.